The highest BCUT2D eigenvalue weighted by molar-refractivity contribution is 7.98. The molecule has 146 valence electrons. The Morgan fingerprint density at radius 2 is 2.00 bits per heavy atom. The predicted octanol–water partition coefficient (Wildman–Crippen LogP) is 3.22. The highest BCUT2D eigenvalue weighted by atomic mass is 32.2. The average Bonchev–Trinajstić information content (AvgIpc) is 3.23. The Labute approximate surface area is 166 Å². The minimum Gasteiger partial charge on any atom is -0.368 e. The summed E-state index contributed by atoms with van der Waals surface area (Å²) in [6.45, 7) is 3.15. The van der Waals surface area contributed by atoms with Gasteiger partial charge in [0.25, 0.3) is 11.3 Å². The first-order valence-corrected chi connectivity index (χ1v) is 10.5. The van der Waals surface area contributed by atoms with Gasteiger partial charge in [-0.2, -0.15) is 9.50 Å². The summed E-state index contributed by atoms with van der Waals surface area (Å²) >= 11 is 1.59. The molecule has 0 atom stereocenters. The van der Waals surface area contributed by atoms with Crippen molar-refractivity contribution in [3.63, 3.8) is 0 Å². The molecule has 8 nitrogen and oxygen atoms in total. The van der Waals surface area contributed by atoms with Crippen molar-refractivity contribution in [2.45, 2.75) is 50.1 Å². The number of benzene rings is 1. The number of nitrogens with one attached hydrogen (secondary N) is 1. The van der Waals surface area contributed by atoms with Gasteiger partial charge in [0.1, 0.15) is 0 Å². The van der Waals surface area contributed by atoms with Gasteiger partial charge >= 0.3 is 0 Å². The van der Waals surface area contributed by atoms with E-state index in [0.29, 0.717) is 11.4 Å². The monoisotopic (exact) mass is 397 g/mol. The van der Waals surface area contributed by atoms with Crippen LogP contribution in [-0.4, -0.2) is 29.1 Å². The van der Waals surface area contributed by atoms with Gasteiger partial charge in [0, 0.05) is 18.4 Å². The van der Waals surface area contributed by atoms with Gasteiger partial charge < -0.3 is 10.3 Å². The Balaban J connectivity index is 1.58. The van der Waals surface area contributed by atoms with Gasteiger partial charge in [0.2, 0.25) is 5.95 Å². The van der Waals surface area contributed by atoms with Crippen molar-refractivity contribution in [1.82, 2.24) is 29.1 Å². The van der Waals surface area contributed by atoms with Crippen LogP contribution < -0.4 is 11.3 Å². The summed E-state index contributed by atoms with van der Waals surface area (Å²) in [4.78, 5) is 25.5. The van der Waals surface area contributed by atoms with Gasteiger partial charge in [0.15, 0.2) is 5.16 Å². The smallest absolute Gasteiger partial charge is 0.274 e. The number of hydrogen-bond acceptors (Lipinski definition) is 6. The number of nitrogens with two attached hydrogens (primary N) is 1. The number of para-hydroxylation sites is 2. The topological polar surface area (TPSA) is 107 Å². The fraction of sp³-hybridized carbons (Fsp3) is 0.368. The van der Waals surface area contributed by atoms with Crippen molar-refractivity contribution in [2.24, 2.45) is 0 Å². The van der Waals surface area contributed by atoms with Crippen LogP contribution in [0.2, 0.25) is 0 Å². The second-order valence-corrected chi connectivity index (χ2v) is 7.66. The van der Waals surface area contributed by atoms with Crippen molar-refractivity contribution >= 4 is 34.5 Å². The van der Waals surface area contributed by atoms with Crippen molar-refractivity contribution in [2.75, 3.05) is 5.73 Å². The first kappa shape index (κ1) is 18.5. The second kappa shape index (κ2) is 8.05. The van der Waals surface area contributed by atoms with E-state index in [2.05, 4.69) is 32.6 Å². The number of hydrogen-bond donors (Lipinski definition) is 2. The molecule has 0 saturated carbocycles. The Morgan fingerprint density at radius 1 is 1.14 bits per heavy atom. The molecule has 3 N–H and O–H groups in total. The summed E-state index contributed by atoms with van der Waals surface area (Å²) < 4.78 is 3.51. The lowest BCUT2D eigenvalue weighted by Gasteiger charge is -2.08. The number of aromatic nitrogens is 6. The third kappa shape index (κ3) is 3.75. The molecule has 9 heteroatoms. The largest absolute Gasteiger partial charge is 0.368 e. The maximum absolute atomic E-state index is 12.2. The molecule has 3 aromatic heterocycles. The molecular formula is C19H23N7OS. The van der Waals surface area contributed by atoms with Crippen molar-refractivity contribution in [3.05, 3.63) is 46.4 Å². The van der Waals surface area contributed by atoms with Crippen LogP contribution in [0.1, 0.15) is 38.3 Å². The molecule has 0 radical (unpaired) electrons. The number of anilines is 1. The first-order chi connectivity index (χ1) is 13.7. The molecule has 0 fully saturated rings. The Bertz CT molecular complexity index is 1160. The third-order valence-corrected chi connectivity index (χ3v) is 5.61. The normalized spacial score (nSPS) is 11.6. The number of thioether (sulfide) groups is 1. The quantitative estimate of drug-likeness (QED) is 0.349. The number of aromatic amines is 1. The van der Waals surface area contributed by atoms with Crippen LogP contribution >= 0.6 is 11.8 Å². The number of aryl methyl sites for hydroxylation is 1. The number of unbranched alkanes of at least 4 members (excludes halogenated alkanes) is 3. The number of imidazole rings is 1. The fourth-order valence-electron chi connectivity index (χ4n) is 3.23. The molecule has 28 heavy (non-hydrogen) atoms. The third-order valence-electron chi connectivity index (χ3n) is 4.60. The van der Waals surface area contributed by atoms with Gasteiger partial charge in [-0.05, 0) is 18.6 Å². The van der Waals surface area contributed by atoms with Crippen LogP contribution in [0.3, 0.4) is 0 Å². The van der Waals surface area contributed by atoms with Crippen molar-refractivity contribution in [1.29, 1.82) is 0 Å². The van der Waals surface area contributed by atoms with E-state index in [1.807, 2.05) is 18.2 Å². The number of nitrogen functional groups attached to an aromatic ring is 1. The zero-order chi connectivity index (χ0) is 19.5. The summed E-state index contributed by atoms with van der Waals surface area (Å²) in [6.07, 6.45) is 4.80. The standard InChI is InChI=1S/C19H23N7OS/c1-2-3-4-7-10-25-15-9-6-5-8-14(15)22-19(25)28-12-13-11-16(27)26-18(21-13)23-17(20)24-26/h5-6,8-9,11H,2-4,7,10,12H2,1H3,(H3,20,21,23,24). The van der Waals surface area contributed by atoms with Crippen LogP contribution in [0.4, 0.5) is 5.95 Å². The molecule has 0 amide bonds. The number of fused-ring (bicyclic) bond motifs is 2. The van der Waals surface area contributed by atoms with Crippen molar-refractivity contribution in [3.8, 4) is 0 Å². The lowest BCUT2D eigenvalue weighted by atomic mass is 10.2. The Morgan fingerprint density at radius 3 is 2.86 bits per heavy atom. The highest BCUT2D eigenvalue weighted by Crippen LogP contribution is 2.27. The zero-order valence-corrected chi connectivity index (χ0v) is 16.6. The molecule has 0 aliphatic carbocycles. The van der Waals surface area contributed by atoms with Gasteiger partial charge in [-0.25, -0.2) is 9.97 Å². The summed E-state index contributed by atoms with van der Waals surface area (Å²) in [5.74, 6) is 0.994. The lowest BCUT2D eigenvalue weighted by Crippen LogP contribution is -2.15. The van der Waals surface area contributed by atoms with Gasteiger partial charge in [-0.1, -0.05) is 50.1 Å². The van der Waals surface area contributed by atoms with Gasteiger partial charge in [0.05, 0.1) is 16.7 Å². The Kier molecular flexibility index (Phi) is 5.34. The first-order valence-electron chi connectivity index (χ1n) is 9.48. The van der Waals surface area contributed by atoms with E-state index in [1.165, 1.54) is 29.8 Å². The molecule has 4 rings (SSSR count). The summed E-state index contributed by atoms with van der Waals surface area (Å²) in [5.41, 5.74) is 8.19. The summed E-state index contributed by atoms with van der Waals surface area (Å²) in [7, 11) is 0. The molecule has 0 saturated heterocycles. The maximum Gasteiger partial charge on any atom is 0.274 e. The van der Waals surface area contributed by atoms with E-state index >= 15 is 0 Å². The van der Waals surface area contributed by atoms with Crippen LogP contribution in [0.5, 0.6) is 0 Å². The summed E-state index contributed by atoms with van der Waals surface area (Å²) in [6, 6.07) is 9.69. The van der Waals surface area contributed by atoms with E-state index < -0.39 is 0 Å². The van der Waals surface area contributed by atoms with Crippen LogP contribution in [0, 0.1) is 0 Å². The van der Waals surface area contributed by atoms with Crippen LogP contribution in [0.15, 0.2) is 40.3 Å². The predicted molar refractivity (Wildman–Crippen MR) is 111 cm³/mol. The van der Waals surface area contributed by atoms with E-state index in [-0.39, 0.29) is 17.3 Å². The van der Waals surface area contributed by atoms with Crippen LogP contribution in [-0.2, 0) is 12.3 Å². The maximum atomic E-state index is 12.2. The fourth-order valence-corrected chi connectivity index (χ4v) is 4.17. The van der Waals surface area contributed by atoms with E-state index in [4.69, 9.17) is 10.7 Å². The average molecular weight is 398 g/mol. The van der Waals surface area contributed by atoms with Gasteiger partial charge in [-0.15, -0.1) is 0 Å². The molecule has 0 spiro atoms. The zero-order valence-electron chi connectivity index (χ0n) is 15.8. The molecule has 0 unspecified atom stereocenters. The Hall–Kier alpha value is -2.81. The van der Waals surface area contributed by atoms with Crippen LogP contribution in [0.25, 0.3) is 16.8 Å². The van der Waals surface area contributed by atoms with Crippen molar-refractivity contribution < 1.29 is 0 Å². The summed E-state index contributed by atoms with van der Waals surface area (Å²) in [5, 5.41) is 3.62. The molecule has 1 aromatic carbocycles. The molecule has 0 bridgehead atoms. The molecule has 0 aliphatic heterocycles. The highest BCUT2D eigenvalue weighted by Gasteiger charge is 2.13. The van der Waals surface area contributed by atoms with Gasteiger partial charge in [-0.3, -0.25) is 9.89 Å². The number of rotatable bonds is 8. The van der Waals surface area contributed by atoms with E-state index in [1.54, 1.807) is 11.8 Å². The molecule has 4 aromatic rings. The minimum atomic E-state index is -0.224. The van der Waals surface area contributed by atoms with E-state index in [0.717, 1.165) is 29.2 Å². The molecule has 0 aliphatic rings. The lowest BCUT2D eigenvalue weighted by molar-refractivity contribution is 0.563. The van der Waals surface area contributed by atoms with E-state index in [9.17, 15) is 4.79 Å². The molecular weight excluding hydrogens is 374 g/mol. The number of H-pyrrole nitrogens is 1. The SMILES string of the molecule is CCCCCCn1c(SCc2cc(=O)n3[nH]c(N)nc3n2)nc2ccccc21. The minimum absolute atomic E-state index is 0.170. The second-order valence-electron chi connectivity index (χ2n) is 6.71. The molecule has 3 heterocycles. The number of nitrogens with zero attached hydrogens (tertiary/aromatic N) is 5.